The van der Waals surface area contributed by atoms with Crippen LogP contribution in [0.4, 0.5) is 0 Å². The monoisotopic (exact) mass is 340 g/mol. The molecule has 1 aliphatic heterocycles. The molecule has 22 heavy (non-hydrogen) atoms. The quantitative estimate of drug-likeness (QED) is 0.823. The molecule has 1 aliphatic rings. The molecule has 0 radical (unpaired) electrons. The maximum Gasteiger partial charge on any atom is 0.230 e. The van der Waals surface area contributed by atoms with Crippen LogP contribution in [0.2, 0.25) is 5.02 Å². The second-order valence-corrected chi connectivity index (χ2v) is 7.15. The van der Waals surface area contributed by atoms with Crippen molar-refractivity contribution in [1.29, 1.82) is 0 Å². The first kappa shape index (κ1) is 17.6. The van der Waals surface area contributed by atoms with Crippen molar-refractivity contribution >= 4 is 29.3 Å². The molecule has 0 aliphatic carbocycles. The zero-order chi connectivity index (χ0) is 15.6. The Morgan fingerprint density at radius 3 is 2.50 bits per heavy atom. The van der Waals surface area contributed by atoms with Crippen LogP contribution in [0, 0.1) is 0 Å². The van der Waals surface area contributed by atoms with E-state index >= 15 is 0 Å². The van der Waals surface area contributed by atoms with Gasteiger partial charge in [-0.15, -0.1) is 11.8 Å². The van der Waals surface area contributed by atoms with Gasteiger partial charge >= 0.3 is 0 Å². The maximum absolute atomic E-state index is 11.8. The summed E-state index contributed by atoms with van der Waals surface area (Å²) in [5.41, 5.74) is 1.20. The number of nitrogens with zero attached hydrogens (tertiary/aromatic N) is 1. The number of benzene rings is 1. The summed E-state index contributed by atoms with van der Waals surface area (Å²) in [5, 5.41) is 3.77. The third-order valence-electron chi connectivity index (χ3n) is 3.86. The Kier molecular flexibility index (Phi) is 8.13. The van der Waals surface area contributed by atoms with E-state index in [2.05, 4.69) is 10.2 Å². The number of amides is 1. The Hall–Kier alpha value is -0.710. The zero-order valence-corrected chi connectivity index (χ0v) is 14.6. The summed E-state index contributed by atoms with van der Waals surface area (Å²) in [6, 6.07) is 7.79. The van der Waals surface area contributed by atoms with Crippen LogP contribution in [0.15, 0.2) is 24.3 Å². The molecule has 0 spiro atoms. The van der Waals surface area contributed by atoms with Crippen LogP contribution in [0.3, 0.4) is 0 Å². The normalized spacial score (nSPS) is 16.2. The van der Waals surface area contributed by atoms with E-state index in [-0.39, 0.29) is 5.91 Å². The smallest absolute Gasteiger partial charge is 0.230 e. The van der Waals surface area contributed by atoms with Gasteiger partial charge in [-0.2, -0.15) is 0 Å². The minimum absolute atomic E-state index is 0.133. The number of halogens is 1. The highest BCUT2D eigenvalue weighted by Crippen LogP contribution is 2.15. The lowest BCUT2D eigenvalue weighted by atomic mass is 10.2. The summed E-state index contributed by atoms with van der Waals surface area (Å²) in [7, 11) is 0. The molecule has 122 valence electrons. The lowest BCUT2D eigenvalue weighted by molar-refractivity contribution is -0.118. The van der Waals surface area contributed by atoms with Crippen LogP contribution in [0.25, 0.3) is 0 Å². The van der Waals surface area contributed by atoms with E-state index in [0.717, 1.165) is 23.9 Å². The first-order valence-corrected chi connectivity index (χ1v) is 9.58. The van der Waals surface area contributed by atoms with E-state index < -0.39 is 0 Å². The van der Waals surface area contributed by atoms with E-state index in [1.54, 1.807) is 11.8 Å². The number of rotatable bonds is 7. The molecule has 1 fully saturated rings. The number of hydrogen-bond acceptors (Lipinski definition) is 3. The molecular weight excluding hydrogens is 316 g/mol. The molecule has 5 heteroatoms. The van der Waals surface area contributed by atoms with E-state index in [4.69, 9.17) is 11.6 Å². The van der Waals surface area contributed by atoms with Crippen molar-refractivity contribution in [2.24, 2.45) is 0 Å². The minimum Gasteiger partial charge on any atom is -0.354 e. The number of likely N-dealkylation sites (tertiary alicyclic amines) is 1. The molecule has 1 aromatic carbocycles. The average Bonchev–Trinajstić information content (AvgIpc) is 2.78. The number of thioether (sulfide) groups is 1. The van der Waals surface area contributed by atoms with Crippen molar-refractivity contribution in [2.75, 3.05) is 31.9 Å². The van der Waals surface area contributed by atoms with Crippen LogP contribution >= 0.6 is 23.4 Å². The van der Waals surface area contributed by atoms with Crippen LogP contribution in [0.1, 0.15) is 31.2 Å². The highest BCUT2D eigenvalue weighted by atomic mass is 35.5. The number of hydrogen-bond donors (Lipinski definition) is 1. The van der Waals surface area contributed by atoms with Crippen LogP contribution in [-0.4, -0.2) is 42.7 Å². The number of nitrogens with one attached hydrogen (secondary N) is 1. The highest BCUT2D eigenvalue weighted by molar-refractivity contribution is 7.99. The van der Waals surface area contributed by atoms with Gasteiger partial charge in [0, 0.05) is 23.9 Å². The lowest BCUT2D eigenvalue weighted by Gasteiger charge is -2.19. The summed E-state index contributed by atoms with van der Waals surface area (Å²) in [5.74, 6) is 1.49. The van der Waals surface area contributed by atoms with Crippen molar-refractivity contribution in [3.63, 3.8) is 0 Å². The van der Waals surface area contributed by atoms with Crippen molar-refractivity contribution in [3.05, 3.63) is 34.9 Å². The Balaban J connectivity index is 1.54. The van der Waals surface area contributed by atoms with Crippen LogP contribution < -0.4 is 5.32 Å². The molecule has 2 rings (SSSR count). The van der Waals surface area contributed by atoms with Crippen molar-refractivity contribution < 1.29 is 4.79 Å². The average molecular weight is 341 g/mol. The van der Waals surface area contributed by atoms with Gasteiger partial charge in [0.1, 0.15) is 0 Å². The molecule has 0 atom stereocenters. The first-order chi connectivity index (χ1) is 10.7. The molecule has 0 bridgehead atoms. The minimum atomic E-state index is 0.133. The van der Waals surface area contributed by atoms with Gasteiger partial charge < -0.3 is 10.2 Å². The van der Waals surface area contributed by atoms with Gasteiger partial charge in [-0.3, -0.25) is 4.79 Å². The molecule has 1 saturated heterocycles. The van der Waals surface area contributed by atoms with Gasteiger partial charge in [-0.25, -0.2) is 0 Å². The van der Waals surface area contributed by atoms with Gasteiger partial charge in [0.25, 0.3) is 0 Å². The first-order valence-electron chi connectivity index (χ1n) is 8.05. The molecule has 0 saturated carbocycles. The van der Waals surface area contributed by atoms with Crippen LogP contribution in [-0.2, 0) is 10.5 Å². The fraction of sp³-hybridized carbons (Fsp3) is 0.588. The van der Waals surface area contributed by atoms with Gasteiger partial charge in [0.05, 0.1) is 5.75 Å². The maximum atomic E-state index is 11.8. The zero-order valence-electron chi connectivity index (χ0n) is 13.0. The fourth-order valence-corrected chi connectivity index (χ4v) is 3.55. The Labute approximate surface area is 142 Å². The Morgan fingerprint density at radius 2 is 1.82 bits per heavy atom. The molecule has 0 unspecified atom stereocenters. The van der Waals surface area contributed by atoms with E-state index in [1.165, 1.54) is 44.3 Å². The molecular formula is C17H25ClN2OS. The SMILES string of the molecule is O=C(CSCc1ccc(Cl)cc1)NCCN1CCCCCC1. The summed E-state index contributed by atoms with van der Waals surface area (Å²) >= 11 is 7.49. The molecule has 3 nitrogen and oxygen atoms in total. The number of carbonyl (C=O) groups excluding carboxylic acids is 1. The van der Waals surface area contributed by atoms with E-state index in [0.29, 0.717) is 5.75 Å². The molecule has 0 aromatic heterocycles. The molecule has 1 N–H and O–H groups in total. The van der Waals surface area contributed by atoms with Crippen molar-refractivity contribution in [3.8, 4) is 0 Å². The second kappa shape index (κ2) is 10.1. The largest absolute Gasteiger partial charge is 0.354 e. The Bertz CT molecular complexity index is 444. The standard InChI is InChI=1S/C17H25ClN2OS/c18-16-7-5-15(6-8-16)13-22-14-17(21)19-9-12-20-10-3-1-2-4-11-20/h5-8H,1-4,9-14H2,(H,19,21). The van der Waals surface area contributed by atoms with Crippen LogP contribution in [0.5, 0.6) is 0 Å². The molecule has 1 heterocycles. The highest BCUT2D eigenvalue weighted by Gasteiger charge is 2.09. The molecule has 1 aromatic rings. The van der Waals surface area contributed by atoms with Gasteiger partial charge in [0.15, 0.2) is 0 Å². The third-order valence-corrected chi connectivity index (χ3v) is 5.12. The summed E-state index contributed by atoms with van der Waals surface area (Å²) in [6.07, 6.45) is 5.30. The van der Waals surface area contributed by atoms with E-state index in [9.17, 15) is 4.79 Å². The summed E-state index contributed by atoms with van der Waals surface area (Å²) < 4.78 is 0. The predicted octanol–water partition coefficient (Wildman–Crippen LogP) is 3.57. The summed E-state index contributed by atoms with van der Waals surface area (Å²) in [6.45, 7) is 4.11. The summed E-state index contributed by atoms with van der Waals surface area (Å²) in [4.78, 5) is 14.3. The fourth-order valence-electron chi connectivity index (χ4n) is 2.61. The van der Waals surface area contributed by atoms with Gasteiger partial charge in [-0.1, -0.05) is 36.6 Å². The lowest BCUT2D eigenvalue weighted by Crippen LogP contribution is -2.36. The topological polar surface area (TPSA) is 32.3 Å². The van der Waals surface area contributed by atoms with Gasteiger partial charge in [0.2, 0.25) is 5.91 Å². The van der Waals surface area contributed by atoms with E-state index in [1.807, 2.05) is 24.3 Å². The second-order valence-electron chi connectivity index (χ2n) is 5.73. The van der Waals surface area contributed by atoms with Crippen molar-refractivity contribution in [1.82, 2.24) is 10.2 Å². The van der Waals surface area contributed by atoms with Gasteiger partial charge in [-0.05, 0) is 43.6 Å². The Morgan fingerprint density at radius 1 is 1.14 bits per heavy atom. The predicted molar refractivity (Wildman–Crippen MR) is 95.5 cm³/mol. The van der Waals surface area contributed by atoms with Crippen molar-refractivity contribution in [2.45, 2.75) is 31.4 Å². The molecule has 1 amide bonds. The third kappa shape index (κ3) is 7.03. The number of carbonyl (C=O) groups is 1.